The van der Waals surface area contributed by atoms with Crippen LogP contribution in [0.1, 0.15) is 6.42 Å². The van der Waals surface area contributed by atoms with Gasteiger partial charge in [0, 0.05) is 6.54 Å². The molecule has 0 atom stereocenters. The molecule has 3 aromatic rings. The Kier molecular flexibility index (Phi) is 5.00. The SMILES string of the molecule is OCCn1ncc2c(NCCCOc3ccccc3)ncnc21. The van der Waals surface area contributed by atoms with E-state index in [1.54, 1.807) is 10.9 Å². The highest BCUT2D eigenvalue weighted by Gasteiger charge is 2.08. The van der Waals surface area contributed by atoms with Gasteiger partial charge in [-0.05, 0) is 18.6 Å². The van der Waals surface area contributed by atoms with Gasteiger partial charge in [0.05, 0.1) is 31.3 Å². The molecule has 0 aliphatic rings. The fraction of sp³-hybridized carbons (Fsp3) is 0.312. The van der Waals surface area contributed by atoms with Crippen molar-refractivity contribution >= 4 is 16.9 Å². The van der Waals surface area contributed by atoms with Gasteiger partial charge in [-0.3, -0.25) is 0 Å². The highest BCUT2D eigenvalue weighted by Crippen LogP contribution is 2.18. The number of nitrogens with zero attached hydrogens (tertiary/aromatic N) is 4. The molecule has 0 radical (unpaired) electrons. The van der Waals surface area contributed by atoms with Gasteiger partial charge in [0.2, 0.25) is 0 Å². The van der Waals surface area contributed by atoms with Crippen LogP contribution in [0.4, 0.5) is 5.82 Å². The number of aromatic nitrogens is 4. The van der Waals surface area contributed by atoms with Crippen molar-refractivity contribution in [2.24, 2.45) is 0 Å². The molecule has 0 amide bonds. The summed E-state index contributed by atoms with van der Waals surface area (Å²) >= 11 is 0. The number of ether oxygens (including phenoxy) is 1. The summed E-state index contributed by atoms with van der Waals surface area (Å²) in [6.07, 6.45) is 4.07. The van der Waals surface area contributed by atoms with E-state index in [9.17, 15) is 0 Å². The minimum atomic E-state index is 0.0281. The smallest absolute Gasteiger partial charge is 0.163 e. The fourth-order valence-electron chi connectivity index (χ4n) is 2.28. The van der Waals surface area contributed by atoms with Crippen LogP contribution in [0, 0.1) is 0 Å². The molecule has 0 fully saturated rings. The van der Waals surface area contributed by atoms with Crippen LogP contribution in [0.5, 0.6) is 5.75 Å². The lowest BCUT2D eigenvalue weighted by Crippen LogP contribution is -2.09. The average molecular weight is 313 g/mol. The van der Waals surface area contributed by atoms with E-state index in [1.807, 2.05) is 30.3 Å². The third kappa shape index (κ3) is 3.75. The first-order chi connectivity index (χ1) is 11.4. The number of nitrogens with one attached hydrogen (secondary N) is 1. The maximum Gasteiger partial charge on any atom is 0.163 e. The molecule has 0 aliphatic carbocycles. The number of anilines is 1. The van der Waals surface area contributed by atoms with Crippen LogP contribution >= 0.6 is 0 Å². The molecule has 0 saturated heterocycles. The molecular formula is C16H19N5O2. The molecular weight excluding hydrogens is 294 g/mol. The van der Waals surface area contributed by atoms with Crippen molar-refractivity contribution in [1.29, 1.82) is 0 Å². The quantitative estimate of drug-likeness (QED) is 0.616. The molecule has 1 aromatic carbocycles. The van der Waals surface area contributed by atoms with Crippen molar-refractivity contribution in [3.05, 3.63) is 42.9 Å². The van der Waals surface area contributed by atoms with E-state index in [2.05, 4.69) is 20.4 Å². The van der Waals surface area contributed by atoms with Crippen molar-refractivity contribution in [2.45, 2.75) is 13.0 Å². The van der Waals surface area contributed by atoms with E-state index < -0.39 is 0 Å². The van der Waals surface area contributed by atoms with Gasteiger partial charge in [-0.1, -0.05) is 18.2 Å². The number of aliphatic hydroxyl groups excluding tert-OH is 1. The zero-order chi connectivity index (χ0) is 15.9. The van der Waals surface area contributed by atoms with E-state index in [1.165, 1.54) is 6.33 Å². The molecule has 0 bridgehead atoms. The number of hydrogen-bond donors (Lipinski definition) is 2. The summed E-state index contributed by atoms with van der Waals surface area (Å²) < 4.78 is 7.32. The Bertz CT molecular complexity index is 745. The third-order valence-electron chi connectivity index (χ3n) is 3.37. The second-order valence-corrected chi connectivity index (χ2v) is 4.99. The Balaban J connectivity index is 1.53. The Hall–Kier alpha value is -2.67. The van der Waals surface area contributed by atoms with Crippen molar-refractivity contribution in [3.63, 3.8) is 0 Å². The normalized spacial score (nSPS) is 10.8. The average Bonchev–Trinajstić information content (AvgIpc) is 3.00. The number of fused-ring (bicyclic) bond motifs is 1. The van der Waals surface area contributed by atoms with Crippen molar-refractivity contribution < 1.29 is 9.84 Å². The predicted octanol–water partition coefficient (Wildman–Crippen LogP) is 1.70. The summed E-state index contributed by atoms with van der Waals surface area (Å²) in [6.45, 7) is 1.82. The predicted molar refractivity (Wildman–Crippen MR) is 87.5 cm³/mol. The van der Waals surface area contributed by atoms with E-state index in [0.717, 1.165) is 35.6 Å². The highest BCUT2D eigenvalue weighted by atomic mass is 16.5. The minimum Gasteiger partial charge on any atom is -0.494 e. The topological polar surface area (TPSA) is 85.1 Å². The molecule has 0 saturated carbocycles. The van der Waals surface area contributed by atoms with E-state index >= 15 is 0 Å². The maximum absolute atomic E-state index is 9.03. The van der Waals surface area contributed by atoms with Crippen molar-refractivity contribution in [1.82, 2.24) is 19.7 Å². The van der Waals surface area contributed by atoms with Crippen LogP contribution < -0.4 is 10.1 Å². The van der Waals surface area contributed by atoms with Crippen LogP contribution in [0.3, 0.4) is 0 Å². The number of aliphatic hydroxyl groups is 1. The third-order valence-corrected chi connectivity index (χ3v) is 3.37. The van der Waals surface area contributed by atoms with Gasteiger partial charge >= 0.3 is 0 Å². The Morgan fingerprint density at radius 1 is 1.17 bits per heavy atom. The Morgan fingerprint density at radius 2 is 2.04 bits per heavy atom. The van der Waals surface area contributed by atoms with Gasteiger partial charge in [0.1, 0.15) is 17.9 Å². The second kappa shape index (κ2) is 7.55. The van der Waals surface area contributed by atoms with Crippen LogP contribution in [-0.4, -0.2) is 44.6 Å². The van der Waals surface area contributed by atoms with E-state index in [-0.39, 0.29) is 6.61 Å². The molecule has 0 aliphatic heterocycles. The van der Waals surface area contributed by atoms with Gasteiger partial charge in [0.25, 0.3) is 0 Å². The molecule has 0 unspecified atom stereocenters. The van der Waals surface area contributed by atoms with Gasteiger partial charge in [-0.15, -0.1) is 0 Å². The molecule has 23 heavy (non-hydrogen) atoms. The molecule has 2 N–H and O–H groups in total. The Morgan fingerprint density at radius 3 is 2.87 bits per heavy atom. The molecule has 0 spiro atoms. The monoisotopic (exact) mass is 313 g/mol. The van der Waals surface area contributed by atoms with Crippen LogP contribution in [0.15, 0.2) is 42.9 Å². The molecule has 7 nitrogen and oxygen atoms in total. The standard InChI is InChI=1S/C16H19N5O2/c22-9-8-21-16-14(11-20-21)15(18-12-19-16)17-7-4-10-23-13-5-2-1-3-6-13/h1-3,5-6,11-12,22H,4,7-10H2,(H,17,18,19). The Labute approximate surface area is 133 Å². The molecule has 120 valence electrons. The van der Waals surface area contributed by atoms with Gasteiger partial charge in [-0.2, -0.15) is 5.10 Å². The van der Waals surface area contributed by atoms with E-state index in [0.29, 0.717) is 13.2 Å². The van der Waals surface area contributed by atoms with Crippen LogP contribution in [0.2, 0.25) is 0 Å². The summed E-state index contributed by atoms with van der Waals surface area (Å²) in [5.41, 5.74) is 0.720. The first-order valence-electron chi connectivity index (χ1n) is 7.57. The summed E-state index contributed by atoms with van der Waals surface area (Å²) in [4.78, 5) is 8.48. The molecule has 2 aromatic heterocycles. The number of hydrogen-bond acceptors (Lipinski definition) is 6. The lowest BCUT2D eigenvalue weighted by molar-refractivity contribution is 0.271. The number of rotatable bonds is 8. The summed E-state index contributed by atoms with van der Waals surface area (Å²) in [7, 11) is 0. The fourth-order valence-corrected chi connectivity index (χ4v) is 2.28. The summed E-state index contributed by atoms with van der Waals surface area (Å²) in [5.74, 6) is 1.63. The zero-order valence-electron chi connectivity index (χ0n) is 12.7. The summed E-state index contributed by atoms with van der Waals surface area (Å²) in [5, 5.41) is 17.4. The van der Waals surface area contributed by atoms with Crippen LogP contribution in [0.25, 0.3) is 11.0 Å². The minimum absolute atomic E-state index is 0.0281. The maximum atomic E-state index is 9.03. The summed E-state index contributed by atoms with van der Waals surface area (Å²) in [6, 6.07) is 9.75. The van der Waals surface area contributed by atoms with Gasteiger partial charge < -0.3 is 15.2 Å². The second-order valence-electron chi connectivity index (χ2n) is 4.99. The van der Waals surface area contributed by atoms with Gasteiger partial charge in [-0.25, -0.2) is 14.6 Å². The lowest BCUT2D eigenvalue weighted by Gasteiger charge is -2.08. The van der Waals surface area contributed by atoms with Crippen LogP contribution in [-0.2, 0) is 6.54 Å². The largest absolute Gasteiger partial charge is 0.494 e. The number of benzene rings is 1. The zero-order valence-corrected chi connectivity index (χ0v) is 12.7. The van der Waals surface area contributed by atoms with Crippen molar-refractivity contribution in [3.8, 4) is 5.75 Å². The lowest BCUT2D eigenvalue weighted by atomic mass is 10.3. The highest BCUT2D eigenvalue weighted by molar-refractivity contribution is 5.85. The number of para-hydroxylation sites is 1. The van der Waals surface area contributed by atoms with E-state index in [4.69, 9.17) is 9.84 Å². The van der Waals surface area contributed by atoms with Gasteiger partial charge in [0.15, 0.2) is 5.65 Å². The molecule has 2 heterocycles. The first kappa shape index (κ1) is 15.2. The molecule has 3 rings (SSSR count). The van der Waals surface area contributed by atoms with Crippen molar-refractivity contribution in [2.75, 3.05) is 25.1 Å². The molecule has 7 heteroatoms. The first-order valence-corrected chi connectivity index (χ1v) is 7.57.